The van der Waals surface area contributed by atoms with Crippen molar-refractivity contribution in [1.29, 1.82) is 0 Å². The molecule has 1 nitrogen and oxygen atoms in total. The normalized spacial score (nSPS) is 18.5. The summed E-state index contributed by atoms with van der Waals surface area (Å²) in [5.41, 5.74) is 3.62. The van der Waals surface area contributed by atoms with E-state index in [-0.39, 0.29) is 0 Å². The summed E-state index contributed by atoms with van der Waals surface area (Å²) in [6.45, 7) is 8.05. The predicted molar refractivity (Wildman–Crippen MR) is 47.2 cm³/mol. The zero-order valence-electron chi connectivity index (χ0n) is 7.40. The van der Waals surface area contributed by atoms with Crippen LogP contribution in [0, 0.1) is 0 Å². The smallest absolute Gasteiger partial charge is 0.121 e. The fraction of sp³-hybridized carbons (Fsp3) is 0.400. The lowest BCUT2D eigenvalue weighted by Crippen LogP contribution is -2.00. The Kier molecular flexibility index (Phi) is 2.18. The molecule has 11 heavy (non-hydrogen) atoms. The van der Waals surface area contributed by atoms with Crippen molar-refractivity contribution in [1.82, 2.24) is 0 Å². The Labute approximate surface area is 68.1 Å². The van der Waals surface area contributed by atoms with Crippen LogP contribution in [0.25, 0.3) is 0 Å². The highest BCUT2D eigenvalue weighted by Crippen LogP contribution is 2.27. The fourth-order valence-corrected chi connectivity index (χ4v) is 1.52. The molecular weight excluding hydrogens is 136 g/mol. The first-order valence-electron chi connectivity index (χ1n) is 3.75. The van der Waals surface area contributed by atoms with Gasteiger partial charge in [-0.1, -0.05) is 18.2 Å². The number of ether oxygens (including phenoxy) is 1. The van der Waals surface area contributed by atoms with Gasteiger partial charge in [0.05, 0.1) is 7.11 Å². The summed E-state index contributed by atoms with van der Waals surface area (Å²) in [7, 11) is 1.71. The molecule has 1 aliphatic rings. The topological polar surface area (TPSA) is 9.23 Å². The third-order valence-corrected chi connectivity index (χ3v) is 1.86. The molecule has 1 aliphatic carbocycles. The van der Waals surface area contributed by atoms with Crippen LogP contribution in [0.1, 0.15) is 20.3 Å². The van der Waals surface area contributed by atoms with Gasteiger partial charge in [-0.15, -0.1) is 0 Å². The first kappa shape index (κ1) is 8.12. The standard InChI is InChI=1S/C10H14O/c1-7-5-8(2)10(11-4)9(3)6-7/h5H,1,6H2,2-4H3. The molecule has 0 unspecified atom stereocenters. The van der Waals surface area contributed by atoms with Crippen molar-refractivity contribution in [3.8, 4) is 0 Å². The van der Waals surface area contributed by atoms with E-state index in [0.29, 0.717) is 0 Å². The Hall–Kier alpha value is -0.980. The summed E-state index contributed by atoms with van der Waals surface area (Å²) in [5.74, 6) is 1.03. The molecule has 0 N–H and O–H groups in total. The van der Waals surface area contributed by atoms with Crippen LogP contribution in [-0.4, -0.2) is 7.11 Å². The molecular formula is C10H14O. The second-order valence-corrected chi connectivity index (χ2v) is 2.98. The summed E-state index contributed by atoms with van der Waals surface area (Å²) in [5, 5.41) is 0. The zero-order valence-corrected chi connectivity index (χ0v) is 7.40. The van der Waals surface area contributed by atoms with E-state index in [1.54, 1.807) is 7.11 Å². The lowest BCUT2D eigenvalue weighted by Gasteiger charge is -2.17. The molecule has 0 spiro atoms. The number of hydrogen-bond donors (Lipinski definition) is 0. The molecule has 0 aromatic carbocycles. The minimum Gasteiger partial charge on any atom is -0.497 e. The molecule has 60 valence electrons. The third-order valence-electron chi connectivity index (χ3n) is 1.86. The molecule has 0 aromatic rings. The van der Waals surface area contributed by atoms with Crippen molar-refractivity contribution in [3.05, 3.63) is 35.1 Å². The summed E-state index contributed by atoms with van der Waals surface area (Å²) in [6, 6.07) is 0. The number of allylic oxidation sites excluding steroid dienone is 4. The van der Waals surface area contributed by atoms with E-state index in [4.69, 9.17) is 4.74 Å². The molecule has 0 fully saturated rings. The van der Waals surface area contributed by atoms with Gasteiger partial charge in [0.15, 0.2) is 0 Å². The van der Waals surface area contributed by atoms with Crippen LogP contribution < -0.4 is 0 Å². The van der Waals surface area contributed by atoms with Crippen LogP contribution in [0.15, 0.2) is 35.1 Å². The van der Waals surface area contributed by atoms with Gasteiger partial charge in [-0.05, 0) is 31.4 Å². The molecule has 1 heteroatoms. The van der Waals surface area contributed by atoms with Gasteiger partial charge in [0.1, 0.15) is 5.76 Å². The SMILES string of the molecule is C=C1C=C(C)C(OC)=C(C)C1. The summed E-state index contributed by atoms with van der Waals surface area (Å²) >= 11 is 0. The first-order chi connectivity index (χ1) is 5.15. The Morgan fingerprint density at radius 3 is 2.55 bits per heavy atom. The van der Waals surface area contributed by atoms with Crippen molar-refractivity contribution in [2.45, 2.75) is 20.3 Å². The van der Waals surface area contributed by atoms with Gasteiger partial charge >= 0.3 is 0 Å². The van der Waals surface area contributed by atoms with Crippen molar-refractivity contribution in [3.63, 3.8) is 0 Å². The second-order valence-electron chi connectivity index (χ2n) is 2.98. The van der Waals surface area contributed by atoms with E-state index in [1.807, 2.05) is 6.92 Å². The predicted octanol–water partition coefficient (Wildman–Crippen LogP) is 2.81. The maximum absolute atomic E-state index is 5.23. The lowest BCUT2D eigenvalue weighted by atomic mass is 9.96. The molecule has 0 radical (unpaired) electrons. The van der Waals surface area contributed by atoms with Gasteiger partial charge < -0.3 is 4.74 Å². The van der Waals surface area contributed by atoms with Gasteiger partial charge in [0.25, 0.3) is 0 Å². The van der Waals surface area contributed by atoms with Gasteiger partial charge in [-0.2, -0.15) is 0 Å². The largest absolute Gasteiger partial charge is 0.497 e. The quantitative estimate of drug-likeness (QED) is 0.558. The minimum atomic E-state index is 0.945. The molecule has 0 saturated carbocycles. The van der Waals surface area contributed by atoms with Gasteiger partial charge in [-0.25, -0.2) is 0 Å². The van der Waals surface area contributed by atoms with E-state index >= 15 is 0 Å². The Bertz CT molecular complexity index is 244. The van der Waals surface area contributed by atoms with Crippen molar-refractivity contribution >= 4 is 0 Å². The van der Waals surface area contributed by atoms with Crippen LogP contribution in [0.5, 0.6) is 0 Å². The van der Waals surface area contributed by atoms with Crippen LogP contribution >= 0.6 is 0 Å². The van der Waals surface area contributed by atoms with Crippen molar-refractivity contribution in [2.75, 3.05) is 7.11 Å². The van der Waals surface area contributed by atoms with Crippen LogP contribution in [0.4, 0.5) is 0 Å². The Balaban J connectivity index is 2.99. The van der Waals surface area contributed by atoms with Crippen LogP contribution in [0.2, 0.25) is 0 Å². The summed E-state index contributed by atoms with van der Waals surface area (Å²) < 4.78 is 5.23. The lowest BCUT2D eigenvalue weighted by molar-refractivity contribution is 0.294. The molecule has 0 aromatic heterocycles. The molecule has 0 heterocycles. The van der Waals surface area contributed by atoms with Gasteiger partial charge in [-0.3, -0.25) is 0 Å². The van der Waals surface area contributed by atoms with Crippen LogP contribution in [0.3, 0.4) is 0 Å². The van der Waals surface area contributed by atoms with E-state index < -0.39 is 0 Å². The van der Waals surface area contributed by atoms with Crippen LogP contribution in [-0.2, 0) is 4.74 Å². The van der Waals surface area contributed by atoms with Crippen molar-refractivity contribution in [2.24, 2.45) is 0 Å². The summed E-state index contributed by atoms with van der Waals surface area (Å²) in [4.78, 5) is 0. The minimum absolute atomic E-state index is 0.945. The Morgan fingerprint density at radius 1 is 1.45 bits per heavy atom. The number of methoxy groups -OCH3 is 1. The molecule has 0 amide bonds. The summed E-state index contributed by atoms with van der Waals surface area (Å²) in [6.07, 6.45) is 3.02. The van der Waals surface area contributed by atoms with Gasteiger partial charge in [0, 0.05) is 0 Å². The highest BCUT2D eigenvalue weighted by Gasteiger charge is 2.11. The van der Waals surface area contributed by atoms with E-state index in [0.717, 1.165) is 12.2 Å². The highest BCUT2D eigenvalue weighted by atomic mass is 16.5. The molecule has 1 rings (SSSR count). The van der Waals surface area contributed by atoms with E-state index in [2.05, 4.69) is 19.6 Å². The molecule has 0 aliphatic heterocycles. The zero-order chi connectivity index (χ0) is 8.43. The number of rotatable bonds is 1. The average Bonchev–Trinajstić information content (AvgIpc) is 1.85. The molecule has 0 bridgehead atoms. The van der Waals surface area contributed by atoms with Crippen molar-refractivity contribution < 1.29 is 4.74 Å². The first-order valence-corrected chi connectivity index (χ1v) is 3.75. The monoisotopic (exact) mass is 150 g/mol. The number of hydrogen-bond acceptors (Lipinski definition) is 1. The third kappa shape index (κ3) is 1.53. The molecule has 0 saturated heterocycles. The fourth-order valence-electron chi connectivity index (χ4n) is 1.52. The second kappa shape index (κ2) is 2.95. The Morgan fingerprint density at radius 2 is 2.09 bits per heavy atom. The maximum Gasteiger partial charge on any atom is 0.121 e. The van der Waals surface area contributed by atoms with E-state index in [1.165, 1.54) is 16.7 Å². The van der Waals surface area contributed by atoms with Gasteiger partial charge in [0.2, 0.25) is 0 Å². The highest BCUT2D eigenvalue weighted by molar-refractivity contribution is 5.41. The average molecular weight is 150 g/mol. The maximum atomic E-state index is 5.23. The van der Waals surface area contributed by atoms with E-state index in [9.17, 15) is 0 Å². The molecule has 0 atom stereocenters.